The van der Waals surface area contributed by atoms with Gasteiger partial charge in [0.1, 0.15) is 5.84 Å². The number of thioether (sulfide) groups is 1. The average molecular weight is 259 g/mol. The zero-order valence-corrected chi connectivity index (χ0v) is 10.6. The van der Waals surface area contributed by atoms with Crippen molar-refractivity contribution in [2.24, 2.45) is 5.73 Å². The standard InChI is InChI=1S/C11H15ClN2OS/c1-7(4-5-15)16-10-3-2-8(12)6-9(10)11(13)14/h2-3,6-7,15H,4-5H2,1H3,(H3,13,14). The van der Waals surface area contributed by atoms with Crippen LogP contribution in [0.4, 0.5) is 0 Å². The van der Waals surface area contributed by atoms with Crippen molar-refractivity contribution >= 4 is 29.2 Å². The van der Waals surface area contributed by atoms with Gasteiger partial charge in [-0.3, -0.25) is 5.41 Å². The maximum absolute atomic E-state index is 8.84. The number of rotatable bonds is 5. The Hall–Kier alpha value is -0.710. The Labute approximate surface area is 105 Å². The quantitative estimate of drug-likeness (QED) is 0.432. The highest BCUT2D eigenvalue weighted by Gasteiger charge is 2.10. The van der Waals surface area contributed by atoms with Crippen molar-refractivity contribution in [1.82, 2.24) is 0 Å². The largest absolute Gasteiger partial charge is 0.396 e. The van der Waals surface area contributed by atoms with Gasteiger partial charge in [0.15, 0.2) is 0 Å². The summed E-state index contributed by atoms with van der Waals surface area (Å²) in [5.41, 5.74) is 6.15. The summed E-state index contributed by atoms with van der Waals surface area (Å²) in [4.78, 5) is 0.929. The molecular weight excluding hydrogens is 244 g/mol. The van der Waals surface area contributed by atoms with Crippen LogP contribution in [0.2, 0.25) is 5.02 Å². The van der Waals surface area contributed by atoms with Gasteiger partial charge in [0.05, 0.1) is 0 Å². The third-order valence-corrected chi connectivity index (χ3v) is 3.58. The van der Waals surface area contributed by atoms with Crippen molar-refractivity contribution in [2.45, 2.75) is 23.5 Å². The predicted molar refractivity (Wildman–Crippen MR) is 69.5 cm³/mol. The molecule has 0 aliphatic rings. The van der Waals surface area contributed by atoms with Crippen LogP contribution in [0, 0.1) is 5.41 Å². The highest BCUT2D eigenvalue weighted by atomic mass is 35.5. The number of hydrogen-bond donors (Lipinski definition) is 3. The molecule has 1 aromatic carbocycles. The van der Waals surface area contributed by atoms with Crippen LogP contribution in [0.3, 0.4) is 0 Å². The summed E-state index contributed by atoms with van der Waals surface area (Å²) in [6.07, 6.45) is 0.713. The van der Waals surface area contributed by atoms with Crippen LogP contribution >= 0.6 is 23.4 Å². The summed E-state index contributed by atoms with van der Waals surface area (Å²) in [5.74, 6) is 0.0150. The minimum Gasteiger partial charge on any atom is -0.396 e. The van der Waals surface area contributed by atoms with Crippen LogP contribution in [0.5, 0.6) is 0 Å². The molecule has 0 saturated carbocycles. The molecule has 0 aliphatic heterocycles. The number of amidine groups is 1. The van der Waals surface area contributed by atoms with Gasteiger partial charge in [-0.25, -0.2) is 0 Å². The van der Waals surface area contributed by atoms with Gasteiger partial charge in [-0.1, -0.05) is 18.5 Å². The zero-order chi connectivity index (χ0) is 12.1. The molecule has 0 fully saturated rings. The van der Waals surface area contributed by atoms with Crippen molar-refractivity contribution in [3.8, 4) is 0 Å². The van der Waals surface area contributed by atoms with Gasteiger partial charge in [-0.2, -0.15) is 0 Å². The third kappa shape index (κ3) is 3.70. The number of nitrogens with one attached hydrogen (secondary N) is 1. The number of hydrogen-bond acceptors (Lipinski definition) is 3. The first-order chi connectivity index (χ1) is 7.54. The average Bonchev–Trinajstić information content (AvgIpc) is 2.20. The van der Waals surface area contributed by atoms with Crippen LogP contribution in [0.1, 0.15) is 18.9 Å². The van der Waals surface area contributed by atoms with E-state index in [0.717, 1.165) is 4.90 Å². The van der Waals surface area contributed by atoms with Crippen molar-refractivity contribution in [2.75, 3.05) is 6.61 Å². The summed E-state index contributed by atoms with van der Waals surface area (Å²) in [6, 6.07) is 5.33. The highest BCUT2D eigenvalue weighted by molar-refractivity contribution is 8.00. The van der Waals surface area contributed by atoms with E-state index < -0.39 is 0 Å². The van der Waals surface area contributed by atoms with Crippen molar-refractivity contribution in [3.05, 3.63) is 28.8 Å². The van der Waals surface area contributed by atoms with E-state index in [9.17, 15) is 0 Å². The molecule has 16 heavy (non-hydrogen) atoms. The topological polar surface area (TPSA) is 70.1 Å². The minimum absolute atomic E-state index is 0.0150. The Morgan fingerprint density at radius 3 is 2.88 bits per heavy atom. The fraction of sp³-hybridized carbons (Fsp3) is 0.364. The van der Waals surface area contributed by atoms with Gasteiger partial charge in [0, 0.05) is 27.3 Å². The third-order valence-electron chi connectivity index (χ3n) is 2.10. The Balaban J connectivity index is 2.90. The highest BCUT2D eigenvalue weighted by Crippen LogP contribution is 2.29. The fourth-order valence-corrected chi connectivity index (χ4v) is 2.54. The van der Waals surface area contributed by atoms with Gasteiger partial charge in [-0.15, -0.1) is 11.8 Å². The molecule has 3 nitrogen and oxygen atoms in total. The lowest BCUT2D eigenvalue weighted by molar-refractivity contribution is 0.289. The van der Waals surface area contributed by atoms with Gasteiger partial charge in [-0.05, 0) is 24.6 Å². The Morgan fingerprint density at radius 1 is 1.62 bits per heavy atom. The molecule has 4 N–H and O–H groups in total. The van der Waals surface area contributed by atoms with Gasteiger partial charge >= 0.3 is 0 Å². The molecule has 88 valence electrons. The van der Waals surface area contributed by atoms with E-state index in [-0.39, 0.29) is 17.7 Å². The summed E-state index contributed by atoms with van der Waals surface area (Å²) < 4.78 is 0. The van der Waals surface area contributed by atoms with Crippen molar-refractivity contribution in [3.63, 3.8) is 0 Å². The lowest BCUT2D eigenvalue weighted by Crippen LogP contribution is -2.13. The molecule has 1 atom stereocenters. The molecule has 0 amide bonds. The van der Waals surface area contributed by atoms with E-state index in [2.05, 4.69) is 0 Å². The first kappa shape index (κ1) is 13.4. The molecule has 0 saturated heterocycles. The fourth-order valence-electron chi connectivity index (χ4n) is 1.27. The van der Waals surface area contributed by atoms with Gasteiger partial charge < -0.3 is 10.8 Å². The molecule has 5 heteroatoms. The molecule has 0 heterocycles. The van der Waals surface area contributed by atoms with E-state index in [4.69, 9.17) is 27.9 Å². The first-order valence-electron chi connectivity index (χ1n) is 4.96. The predicted octanol–water partition coefficient (Wildman–Crippen LogP) is 2.49. The van der Waals surface area contributed by atoms with Crippen LogP contribution in [-0.2, 0) is 0 Å². The number of nitrogens with two attached hydrogens (primary N) is 1. The van der Waals surface area contributed by atoms with Gasteiger partial charge in [0.25, 0.3) is 0 Å². The molecule has 1 aromatic rings. The molecule has 1 unspecified atom stereocenters. The van der Waals surface area contributed by atoms with Crippen molar-refractivity contribution < 1.29 is 5.11 Å². The van der Waals surface area contributed by atoms with Crippen LogP contribution < -0.4 is 5.73 Å². The SMILES string of the molecule is CC(CCO)Sc1ccc(Cl)cc1C(=N)N. The maximum Gasteiger partial charge on any atom is 0.123 e. The zero-order valence-electron chi connectivity index (χ0n) is 9.03. The monoisotopic (exact) mass is 258 g/mol. The summed E-state index contributed by atoms with van der Waals surface area (Å²) in [7, 11) is 0. The second kappa shape index (κ2) is 6.13. The molecular formula is C11H15ClN2OS. The Morgan fingerprint density at radius 2 is 2.31 bits per heavy atom. The van der Waals surface area contributed by atoms with Crippen LogP contribution in [-0.4, -0.2) is 22.8 Å². The number of aliphatic hydroxyl groups is 1. The van der Waals surface area contributed by atoms with E-state index in [1.165, 1.54) is 0 Å². The van der Waals surface area contributed by atoms with E-state index in [1.54, 1.807) is 23.9 Å². The minimum atomic E-state index is 0.0150. The van der Waals surface area contributed by atoms with E-state index >= 15 is 0 Å². The van der Waals surface area contributed by atoms with E-state index in [0.29, 0.717) is 17.0 Å². The molecule has 0 radical (unpaired) electrons. The Kier molecular flexibility index (Phi) is 5.12. The summed E-state index contributed by atoms with van der Waals surface area (Å²) in [5, 5.41) is 17.2. The molecule has 0 aliphatic carbocycles. The van der Waals surface area contributed by atoms with Crippen LogP contribution in [0.25, 0.3) is 0 Å². The maximum atomic E-state index is 8.84. The molecule has 1 rings (SSSR count). The van der Waals surface area contributed by atoms with Crippen molar-refractivity contribution in [1.29, 1.82) is 5.41 Å². The summed E-state index contributed by atoms with van der Waals surface area (Å²) in [6.45, 7) is 2.19. The molecule has 0 aromatic heterocycles. The second-order valence-corrected chi connectivity index (χ2v) is 5.41. The summed E-state index contributed by atoms with van der Waals surface area (Å²) >= 11 is 7.45. The molecule has 0 spiro atoms. The lowest BCUT2D eigenvalue weighted by atomic mass is 10.2. The smallest absolute Gasteiger partial charge is 0.123 e. The number of benzene rings is 1. The molecule has 0 bridgehead atoms. The first-order valence-corrected chi connectivity index (χ1v) is 6.21. The Bertz CT molecular complexity index is 384. The number of aliphatic hydroxyl groups excluding tert-OH is 1. The van der Waals surface area contributed by atoms with Crippen LogP contribution in [0.15, 0.2) is 23.1 Å². The van der Waals surface area contributed by atoms with E-state index in [1.807, 2.05) is 13.0 Å². The normalized spacial score (nSPS) is 12.4. The van der Waals surface area contributed by atoms with Gasteiger partial charge in [0.2, 0.25) is 0 Å². The second-order valence-electron chi connectivity index (χ2n) is 3.49. The number of nitrogen functional groups attached to an aromatic ring is 1. The lowest BCUT2D eigenvalue weighted by Gasteiger charge is -2.13. The number of halogens is 1.